The number of hydrogen-bond donors (Lipinski definition) is 1. The molecule has 1 aliphatic heterocycles. The first kappa shape index (κ1) is 14.1. The maximum Gasteiger partial charge on any atom is 0.253 e. The van der Waals surface area contributed by atoms with Gasteiger partial charge in [-0.25, -0.2) is 0 Å². The summed E-state index contributed by atoms with van der Waals surface area (Å²) in [4.78, 5) is 14.5. The molecule has 1 saturated carbocycles. The number of amides is 1. The van der Waals surface area contributed by atoms with Gasteiger partial charge in [0.2, 0.25) is 0 Å². The predicted molar refractivity (Wildman–Crippen MR) is 81.6 cm³/mol. The Bertz CT molecular complexity index is 519. The summed E-state index contributed by atoms with van der Waals surface area (Å²) in [6, 6.07) is 7.53. The largest absolute Gasteiger partial charge is 0.389 e. The van der Waals surface area contributed by atoms with Gasteiger partial charge < -0.3 is 10.0 Å². The second-order valence-corrected chi connectivity index (χ2v) is 6.97. The topological polar surface area (TPSA) is 40.5 Å². The van der Waals surface area contributed by atoms with Gasteiger partial charge in [0.15, 0.2) is 0 Å². The molecule has 0 unspecified atom stereocenters. The molecule has 1 aliphatic carbocycles. The van der Waals surface area contributed by atoms with Crippen molar-refractivity contribution in [1.82, 2.24) is 4.90 Å². The van der Waals surface area contributed by atoms with Gasteiger partial charge in [-0.15, -0.1) is 0 Å². The van der Waals surface area contributed by atoms with Gasteiger partial charge in [-0.05, 0) is 37.5 Å². The van der Waals surface area contributed by atoms with Crippen LogP contribution < -0.4 is 0 Å². The van der Waals surface area contributed by atoms with Gasteiger partial charge in [-0.2, -0.15) is 0 Å². The standard InChI is InChI=1S/C16H20BrNO2/c17-14-6-3-4-12(10-14)15(19)18-9-8-16(20)7-2-1-5-13(16)11-18/h3-4,6,10,13,20H,1-2,5,7-9,11H2/t13-,16+/m0/s1. The van der Waals surface area contributed by atoms with Crippen molar-refractivity contribution < 1.29 is 9.90 Å². The first-order chi connectivity index (χ1) is 9.58. The third-order valence-electron chi connectivity index (χ3n) is 4.79. The van der Waals surface area contributed by atoms with E-state index in [1.165, 1.54) is 6.42 Å². The number of rotatable bonds is 1. The van der Waals surface area contributed by atoms with Gasteiger partial charge >= 0.3 is 0 Å². The van der Waals surface area contributed by atoms with Crippen molar-refractivity contribution in [3.63, 3.8) is 0 Å². The molecule has 0 spiro atoms. The highest BCUT2D eigenvalue weighted by Gasteiger charge is 2.43. The van der Waals surface area contributed by atoms with Gasteiger partial charge in [0, 0.05) is 29.0 Å². The molecule has 3 nitrogen and oxygen atoms in total. The number of piperidine rings is 1. The van der Waals surface area contributed by atoms with Crippen molar-refractivity contribution in [2.75, 3.05) is 13.1 Å². The zero-order valence-corrected chi connectivity index (χ0v) is 13.1. The fourth-order valence-electron chi connectivity index (χ4n) is 3.56. The average Bonchev–Trinajstić information content (AvgIpc) is 2.45. The van der Waals surface area contributed by atoms with Crippen molar-refractivity contribution in [3.05, 3.63) is 34.3 Å². The number of carbonyl (C=O) groups is 1. The van der Waals surface area contributed by atoms with E-state index < -0.39 is 5.60 Å². The quantitative estimate of drug-likeness (QED) is 0.854. The van der Waals surface area contributed by atoms with E-state index in [9.17, 15) is 9.90 Å². The summed E-state index contributed by atoms with van der Waals surface area (Å²) in [5.41, 5.74) is 0.201. The SMILES string of the molecule is O=C(c1cccc(Br)c1)N1CC[C@]2(O)CCCC[C@H]2C1. The van der Waals surface area contributed by atoms with Crippen LogP contribution in [0.25, 0.3) is 0 Å². The first-order valence-electron chi connectivity index (χ1n) is 7.36. The fraction of sp³-hybridized carbons (Fsp3) is 0.562. The Hall–Kier alpha value is -0.870. The van der Waals surface area contributed by atoms with E-state index in [1.807, 2.05) is 29.2 Å². The van der Waals surface area contributed by atoms with Crippen LogP contribution in [0.1, 0.15) is 42.5 Å². The minimum Gasteiger partial charge on any atom is -0.389 e. The molecule has 108 valence electrons. The van der Waals surface area contributed by atoms with E-state index in [1.54, 1.807) is 0 Å². The lowest BCUT2D eigenvalue weighted by Gasteiger charge is -2.47. The Morgan fingerprint density at radius 2 is 2.20 bits per heavy atom. The molecule has 1 aromatic carbocycles. The van der Waals surface area contributed by atoms with Crippen LogP contribution in [0.3, 0.4) is 0 Å². The van der Waals surface area contributed by atoms with Gasteiger partial charge in [-0.3, -0.25) is 4.79 Å². The normalized spacial score (nSPS) is 29.9. The predicted octanol–water partition coefficient (Wildman–Crippen LogP) is 3.22. The number of benzene rings is 1. The smallest absolute Gasteiger partial charge is 0.253 e. The van der Waals surface area contributed by atoms with Crippen LogP contribution in [0.2, 0.25) is 0 Å². The Morgan fingerprint density at radius 3 is 3.00 bits per heavy atom. The van der Waals surface area contributed by atoms with Crippen LogP contribution in [0.15, 0.2) is 28.7 Å². The summed E-state index contributed by atoms with van der Waals surface area (Å²) >= 11 is 3.41. The maximum absolute atomic E-state index is 12.6. The van der Waals surface area contributed by atoms with E-state index in [2.05, 4.69) is 15.9 Å². The lowest BCUT2D eigenvalue weighted by molar-refractivity contribution is -0.0886. The number of hydrogen-bond acceptors (Lipinski definition) is 2. The summed E-state index contributed by atoms with van der Waals surface area (Å²) in [7, 11) is 0. The maximum atomic E-state index is 12.6. The highest BCUT2D eigenvalue weighted by atomic mass is 79.9. The monoisotopic (exact) mass is 337 g/mol. The van der Waals surface area contributed by atoms with Crippen LogP contribution in [0.4, 0.5) is 0 Å². The Kier molecular flexibility index (Phi) is 3.87. The lowest BCUT2D eigenvalue weighted by atomic mass is 9.71. The molecule has 1 amide bonds. The minimum atomic E-state index is -0.522. The highest BCUT2D eigenvalue weighted by molar-refractivity contribution is 9.10. The highest BCUT2D eigenvalue weighted by Crippen LogP contribution is 2.40. The van der Waals surface area contributed by atoms with Gasteiger partial charge in [-0.1, -0.05) is 34.8 Å². The molecule has 0 bridgehead atoms. The Morgan fingerprint density at radius 1 is 1.35 bits per heavy atom. The summed E-state index contributed by atoms with van der Waals surface area (Å²) in [6.07, 6.45) is 4.95. The van der Waals surface area contributed by atoms with Gasteiger partial charge in [0.1, 0.15) is 0 Å². The minimum absolute atomic E-state index is 0.0823. The Labute approximate surface area is 128 Å². The first-order valence-corrected chi connectivity index (χ1v) is 8.15. The van der Waals surface area contributed by atoms with Crippen molar-refractivity contribution in [2.45, 2.75) is 37.7 Å². The van der Waals surface area contributed by atoms with Crippen LogP contribution in [0.5, 0.6) is 0 Å². The van der Waals surface area contributed by atoms with Gasteiger partial charge in [0.25, 0.3) is 5.91 Å². The van der Waals surface area contributed by atoms with Crippen LogP contribution in [-0.2, 0) is 0 Å². The molecule has 2 aliphatic rings. The zero-order chi connectivity index (χ0) is 14.2. The van der Waals surface area contributed by atoms with E-state index in [0.29, 0.717) is 13.1 Å². The summed E-state index contributed by atoms with van der Waals surface area (Å²) in [5.74, 6) is 0.333. The van der Waals surface area contributed by atoms with E-state index >= 15 is 0 Å². The average molecular weight is 338 g/mol. The molecule has 4 heteroatoms. The molecule has 2 atom stereocenters. The fourth-order valence-corrected chi connectivity index (χ4v) is 3.96. The molecule has 0 aromatic heterocycles. The molecule has 20 heavy (non-hydrogen) atoms. The van der Waals surface area contributed by atoms with Crippen LogP contribution >= 0.6 is 15.9 Å². The van der Waals surface area contributed by atoms with E-state index in [0.717, 1.165) is 35.7 Å². The summed E-state index contributed by atoms with van der Waals surface area (Å²) in [6.45, 7) is 1.36. The van der Waals surface area contributed by atoms with Gasteiger partial charge in [0.05, 0.1) is 5.60 Å². The summed E-state index contributed by atoms with van der Waals surface area (Å²) < 4.78 is 0.925. The second kappa shape index (κ2) is 5.49. The second-order valence-electron chi connectivity index (χ2n) is 6.06. The molecule has 2 fully saturated rings. The molecule has 3 rings (SSSR count). The van der Waals surface area contributed by atoms with Crippen molar-refractivity contribution in [1.29, 1.82) is 0 Å². The molecular weight excluding hydrogens is 318 g/mol. The lowest BCUT2D eigenvalue weighted by Crippen LogP contribution is -2.54. The van der Waals surface area contributed by atoms with Crippen molar-refractivity contribution in [3.8, 4) is 0 Å². The number of nitrogens with zero attached hydrogens (tertiary/aromatic N) is 1. The number of halogens is 1. The van der Waals surface area contributed by atoms with E-state index in [-0.39, 0.29) is 11.8 Å². The Balaban J connectivity index is 1.74. The van der Waals surface area contributed by atoms with Crippen molar-refractivity contribution in [2.24, 2.45) is 5.92 Å². The van der Waals surface area contributed by atoms with Crippen LogP contribution in [-0.4, -0.2) is 34.6 Å². The molecule has 1 N–H and O–H groups in total. The third kappa shape index (κ3) is 2.63. The molecular formula is C16H20BrNO2. The molecule has 1 heterocycles. The number of aliphatic hydroxyl groups is 1. The molecule has 1 saturated heterocycles. The number of carbonyl (C=O) groups excluding carboxylic acids is 1. The molecule has 1 aromatic rings. The zero-order valence-electron chi connectivity index (χ0n) is 11.5. The summed E-state index contributed by atoms with van der Waals surface area (Å²) in [5, 5.41) is 10.7. The number of fused-ring (bicyclic) bond motifs is 1. The van der Waals surface area contributed by atoms with Crippen LogP contribution in [0, 0.1) is 5.92 Å². The number of likely N-dealkylation sites (tertiary alicyclic amines) is 1. The molecule has 0 radical (unpaired) electrons. The van der Waals surface area contributed by atoms with Crippen molar-refractivity contribution >= 4 is 21.8 Å². The van der Waals surface area contributed by atoms with E-state index in [4.69, 9.17) is 0 Å². The third-order valence-corrected chi connectivity index (χ3v) is 5.28.